The van der Waals surface area contributed by atoms with E-state index in [1.165, 1.54) is 24.0 Å². The predicted octanol–water partition coefficient (Wildman–Crippen LogP) is 3.35. The van der Waals surface area contributed by atoms with Crippen molar-refractivity contribution in [3.05, 3.63) is 35.4 Å². The Hall–Kier alpha value is -1.35. The monoisotopic (exact) mass is 286 g/mol. The van der Waals surface area contributed by atoms with Gasteiger partial charge in [-0.25, -0.2) is 0 Å². The minimum atomic E-state index is 0.0582. The smallest absolute Gasteiger partial charge is 0.223 e. The van der Waals surface area contributed by atoms with Crippen LogP contribution in [0, 0.1) is 0 Å². The molecule has 0 aromatic heterocycles. The highest BCUT2D eigenvalue weighted by Crippen LogP contribution is 2.44. The standard InChI is InChI=1S/C18H26N2O/c1-2-12-20-17(21)9-5-8-16(19)18(20)15-7-4-3-6-14(15)13-10-11-13/h3-4,6-7,13,16,18H,2,5,8-12,19H2,1H3. The van der Waals surface area contributed by atoms with Crippen molar-refractivity contribution in [3.63, 3.8) is 0 Å². The molecule has 1 aromatic rings. The highest BCUT2D eigenvalue weighted by molar-refractivity contribution is 5.77. The number of hydrogen-bond donors (Lipinski definition) is 1. The van der Waals surface area contributed by atoms with Gasteiger partial charge in [0, 0.05) is 19.0 Å². The maximum Gasteiger partial charge on any atom is 0.223 e. The fraction of sp³-hybridized carbons (Fsp3) is 0.611. The van der Waals surface area contributed by atoms with Gasteiger partial charge < -0.3 is 10.6 Å². The van der Waals surface area contributed by atoms with Crippen molar-refractivity contribution in [2.45, 2.75) is 63.5 Å². The van der Waals surface area contributed by atoms with Crippen LogP contribution in [-0.4, -0.2) is 23.4 Å². The van der Waals surface area contributed by atoms with Gasteiger partial charge in [-0.05, 0) is 49.1 Å². The number of amides is 1. The molecule has 3 nitrogen and oxygen atoms in total. The molecular formula is C18H26N2O. The molecule has 3 rings (SSSR count). The van der Waals surface area contributed by atoms with Gasteiger partial charge in [0.1, 0.15) is 0 Å². The molecule has 0 radical (unpaired) electrons. The molecule has 2 unspecified atom stereocenters. The van der Waals surface area contributed by atoms with Gasteiger partial charge in [0.05, 0.1) is 6.04 Å². The molecule has 2 N–H and O–H groups in total. The van der Waals surface area contributed by atoms with Gasteiger partial charge in [-0.1, -0.05) is 31.2 Å². The van der Waals surface area contributed by atoms with Crippen molar-refractivity contribution in [2.24, 2.45) is 5.73 Å². The minimum absolute atomic E-state index is 0.0582. The van der Waals surface area contributed by atoms with Crippen LogP contribution >= 0.6 is 0 Å². The van der Waals surface area contributed by atoms with Crippen LogP contribution in [0.3, 0.4) is 0 Å². The van der Waals surface area contributed by atoms with Gasteiger partial charge in [0.15, 0.2) is 0 Å². The molecule has 1 amide bonds. The fourth-order valence-electron chi connectivity index (χ4n) is 3.63. The largest absolute Gasteiger partial charge is 0.334 e. The van der Waals surface area contributed by atoms with E-state index in [-0.39, 0.29) is 18.0 Å². The van der Waals surface area contributed by atoms with Gasteiger partial charge in [-0.3, -0.25) is 4.79 Å². The highest BCUT2D eigenvalue weighted by atomic mass is 16.2. The molecule has 1 aliphatic heterocycles. The Labute approximate surface area is 127 Å². The normalized spacial score (nSPS) is 26.8. The first-order chi connectivity index (χ1) is 10.2. The molecule has 1 saturated heterocycles. The van der Waals surface area contributed by atoms with Crippen molar-refractivity contribution in [2.75, 3.05) is 6.54 Å². The van der Waals surface area contributed by atoms with Crippen molar-refractivity contribution in [3.8, 4) is 0 Å². The Bertz CT molecular complexity index is 510. The number of carbonyl (C=O) groups is 1. The van der Waals surface area contributed by atoms with Gasteiger partial charge in [0.25, 0.3) is 0 Å². The molecular weight excluding hydrogens is 260 g/mol. The second-order valence-electron chi connectivity index (χ2n) is 6.49. The number of nitrogens with two attached hydrogens (primary N) is 1. The van der Waals surface area contributed by atoms with Gasteiger partial charge in [0.2, 0.25) is 5.91 Å². The number of carbonyl (C=O) groups excluding carboxylic acids is 1. The molecule has 3 heteroatoms. The molecule has 2 fully saturated rings. The van der Waals surface area contributed by atoms with Gasteiger partial charge >= 0.3 is 0 Å². The Morgan fingerprint density at radius 3 is 2.57 bits per heavy atom. The Kier molecular flexibility index (Phi) is 4.29. The summed E-state index contributed by atoms with van der Waals surface area (Å²) in [6, 6.07) is 8.76. The maximum atomic E-state index is 12.5. The van der Waals surface area contributed by atoms with Gasteiger partial charge in [-0.2, -0.15) is 0 Å². The third kappa shape index (κ3) is 2.98. The van der Waals surface area contributed by atoms with Crippen molar-refractivity contribution in [1.82, 2.24) is 4.90 Å². The third-order valence-corrected chi connectivity index (χ3v) is 4.79. The van der Waals surface area contributed by atoms with E-state index in [9.17, 15) is 4.79 Å². The average Bonchev–Trinajstić information content (AvgIpc) is 3.31. The van der Waals surface area contributed by atoms with Crippen LogP contribution in [0.25, 0.3) is 0 Å². The lowest BCUT2D eigenvalue weighted by Crippen LogP contribution is -2.43. The number of nitrogens with zero attached hydrogens (tertiary/aromatic N) is 1. The van der Waals surface area contributed by atoms with Crippen LogP contribution in [0.5, 0.6) is 0 Å². The highest BCUT2D eigenvalue weighted by Gasteiger charge is 2.36. The second kappa shape index (κ2) is 6.18. The summed E-state index contributed by atoms with van der Waals surface area (Å²) >= 11 is 0. The van der Waals surface area contributed by atoms with Crippen LogP contribution < -0.4 is 5.73 Å². The zero-order valence-electron chi connectivity index (χ0n) is 12.9. The average molecular weight is 286 g/mol. The van der Waals surface area contributed by atoms with E-state index >= 15 is 0 Å². The van der Waals surface area contributed by atoms with Crippen LogP contribution in [0.2, 0.25) is 0 Å². The lowest BCUT2D eigenvalue weighted by Gasteiger charge is -2.35. The number of benzene rings is 1. The predicted molar refractivity (Wildman–Crippen MR) is 85.0 cm³/mol. The minimum Gasteiger partial charge on any atom is -0.334 e. The Balaban J connectivity index is 2.00. The van der Waals surface area contributed by atoms with Crippen LogP contribution in [0.15, 0.2) is 24.3 Å². The quantitative estimate of drug-likeness (QED) is 0.922. The topological polar surface area (TPSA) is 46.3 Å². The lowest BCUT2D eigenvalue weighted by atomic mass is 9.90. The SMILES string of the molecule is CCCN1C(=O)CCCC(N)C1c1ccccc1C1CC1. The number of rotatable bonds is 4. The molecule has 2 atom stereocenters. The molecule has 1 aliphatic carbocycles. The molecule has 0 bridgehead atoms. The maximum absolute atomic E-state index is 12.5. The van der Waals surface area contributed by atoms with E-state index in [1.54, 1.807) is 0 Å². The van der Waals surface area contributed by atoms with E-state index in [2.05, 4.69) is 36.1 Å². The first kappa shape index (κ1) is 14.6. The summed E-state index contributed by atoms with van der Waals surface area (Å²) in [5.41, 5.74) is 9.22. The molecule has 1 aromatic carbocycles. The van der Waals surface area contributed by atoms with Crippen LogP contribution in [-0.2, 0) is 4.79 Å². The first-order valence-electron chi connectivity index (χ1n) is 8.36. The van der Waals surface area contributed by atoms with Crippen molar-refractivity contribution in [1.29, 1.82) is 0 Å². The molecule has 21 heavy (non-hydrogen) atoms. The van der Waals surface area contributed by atoms with Crippen molar-refractivity contribution < 1.29 is 4.79 Å². The summed E-state index contributed by atoms with van der Waals surface area (Å²) in [6.07, 6.45) is 6.05. The summed E-state index contributed by atoms with van der Waals surface area (Å²) in [6.45, 7) is 2.95. The second-order valence-corrected chi connectivity index (χ2v) is 6.49. The zero-order valence-corrected chi connectivity index (χ0v) is 12.9. The zero-order chi connectivity index (χ0) is 14.8. The summed E-state index contributed by atoms with van der Waals surface area (Å²) in [5, 5.41) is 0. The summed E-state index contributed by atoms with van der Waals surface area (Å²) in [7, 11) is 0. The summed E-state index contributed by atoms with van der Waals surface area (Å²) in [4.78, 5) is 14.6. The Morgan fingerprint density at radius 1 is 1.19 bits per heavy atom. The van der Waals surface area contributed by atoms with E-state index in [0.717, 1.165) is 25.8 Å². The molecule has 0 spiro atoms. The molecule has 2 aliphatic rings. The molecule has 114 valence electrons. The Morgan fingerprint density at radius 2 is 1.90 bits per heavy atom. The van der Waals surface area contributed by atoms with Crippen molar-refractivity contribution >= 4 is 5.91 Å². The first-order valence-corrected chi connectivity index (χ1v) is 8.36. The summed E-state index contributed by atoms with van der Waals surface area (Å²) < 4.78 is 0. The number of hydrogen-bond acceptors (Lipinski definition) is 2. The molecule has 1 saturated carbocycles. The van der Waals surface area contributed by atoms with Crippen LogP contribution in [0.1, 0.15) is 68.5 Å². The number of likely N-dealkylation sites (tertiary alicyclic amines) is 1. The van der Waals surface area contributed by atoms with Gasteiger partial charge in [-0.15, -0.1) is 0 Å². The van der Waals surface area contributed by atoms with E-state index < -0.39 is 0 Å². The third-order valence-electron chi connectivity index (χ3n) is 4.79. The summed E-state index contributed by atoms with van der Waals surface area (Å²) in [5.74, 6) is 0.968. The van der Waals surface area contributed by atoms with E-state index in [0.29, 0.717) is 12.3 Å². The fourth-order valence-corrected chi connectivity index (χ4v) is 3.63. The van der Waals surface area contributed by atoms with E-state index in [1.807, 2.05) is 0 Å². The van der Waals surface area contributed by atoms with E-state index in [4.69, 9.17) is 5.73 Å². The lowest BCUT2D eigenvalue weighted by molar-refractivity contribution is -0.133. The molecule has 1 heterocycles. The van der Waals surface area contributed by atoms with Crippen LogP contribution in [0.4, 0.5) is 0 Å².